The maximum Gasteiger partial charge on any atom is 0.246 e. The molecule has 2 amide bonds. The number of carbonyl (C=O) groups excluding carboxylic acids is 2. The number of hydrogen-bond acceptors (Lipinski definition) is 3. The van der Waals surface area contributed by atoms with Gasteiger partial charge in [0.2, 0.25) is 11.8 Å². The molecule has 4 rings (SSSR count). The fraction of sp³-hybridized carbons (Fsp3) is 0.429. The molecule has 2 heterocycles. The maximum atomic E-state index is 13.0. The molecule has 136 valence electrons. The second-order valence-electron chi connectivity index (χ2n) is 7.20. The number of nitrogens with one attached hydrogen (secondary N) is 1. The molecule has 0 unspecified atom stereocenters. The molecule has 2 aliphatic heterocycles. The summed E-state index contributed by atoms with van der Waals surface area (Å²) in [6, 6.07) is 13.9. The Hall–Kier alpha value is -2.40. The van der Waals surface area contributed by atoms with Crippen LogP contribution in [0.5, 0.6) is 0 Å². The van der Waals surface area contributed by atoms with Crippen LogP contribution in [0.25, 0.3) is 10.8 Å². The van der Waals surface area contributed by atoms with E-state index in [1.54, 1.807) is 4.90 Å². The first kappa shape index (κ1) is 17.0. The lowest BCUT2D eigenvalue weighted by molar-refractivity contribution is -0.145. The number of piperazine rings is 1. The molecule has 5 heteroatoms. The second kappa shape index (κ2) is 7.46. The van der Waals surface area contributed by atoms with Gasteiger partial charge in [-0.3, -0.25) is 9.59 Å². The summed E-state index contributed by atoms with van der Waals surface area (Å²) >= 11 is 0. The van der Waals surface area contributed by atoms with Crippen molar-refractivity contribution in [3.05, 3.63) is 48.0 Å². The Morgan fingerprint density at radius 2 is 1.77 bits per heavy atom. The average Bonchev–Trinajstić information content (AvgIpc) is 3.22. The maximum absolute atomic E-state index is 13.0. The number of amides is 2. The second-order valence-corrected chi connectivity index (χ2v) is 7.20. The van der Waals surface area contributed by atoms with E-state index in [4.69, 9.17) is 0 Å². The van der Waals surface area contributed by atoms with Crippen LogP contribution >= 0.6 is 0 Å². The summed E-state index contributed by atoms with van der Waals surface area (Å²) in [5.74, 6) is 0.140. The number of rotatable bonds is 3. The molecule has 2 aromatic rings. The van der Waals surface area contributed by atoms with Gasteiger partial charge in [-0.15, -0.1) is 0 Å². The van der Waals surface area contributed by atoms with Crippen LogP contribution in [0.2, 0.25) is 0 Å². The van der Waals surface area contributed by atoms with Gasteiger partial charge < -0.3 is 15.1 Å². The van der Waals surface area contributed by atoms with Crippen molar-refractivity contribution in [1.29, 1.82) is 0 Å². The number of benzene rings is 2. The van der Waals surface area contributed by atoms with E-state index in [9.17, 15) is 9.59 Å². The fourth-order valence-corrected chi connectivity index (χ4v) is 4.00. The van der Waals surface area contributed by atoms with Gasteiger partial charge in [-0.05, 0) is 29.2 Å². The Balaban J connectivity index is 1.49. The van der Waals surface area contributed by atoms with Gasteiger partial charge in [0.15, 0.2) is 0 Å². The van der Waals surface area contributed by atoms with Crippen LogP contribution < -0.4 is 5.32 Å². The number of hydrogen-bond donors (Lipinski definition) is 1. The van der Waals surface area contributed by atoms with Gasteiger partial charge in [-0.2, -0.15) is 0 Å². The first-order valence-electron chi connectivity index (χ1n) is 9.49. The van der Waals surface area contributed by atoms with E-state index in [0.717, 1.165) is 43.4 Å². The molecule has 0 aromatic heterocycles. The van der Waals surface area contributed by atoms with Gasteiger partial charge in [0, 0.05) is 32.7 Å². The minimum Gasteiger partial charge on any atom is -0.341 e. The van der Waals surface area contributed by atoms with Crippen molar-refractivity contribution in [2.24, 2.45) is 0 Å². The summed E-state index contributed by atoms with van der Waals surface area (Å²) in [4.78, 5) is 29.5. The zero-order valence-electron chi connectivity index (χ0n) is 15.0. The lowest BCUT2D eigenvalue weighted by atomic mass is 10.0. The number of fused-ring (bicyclic) bond motifs is 1. The summed E-state index contributed by atoms with van der Waals surface area (Å²) in [7, 11) is 0. The van der Waals surface area contributed by atoms with Crippen molar-refractivity contribution < 1.29 is 9.59 Å². The number of likely N-dealkylation sites (tertiary alicyclic amines) is 1. The summed E-state index contributed by atoms with van der Waals surface area (Å²) in [5.41, 5.74) is 1.000. The molecule has 2 saturated heterocycles. The van der Waals surface area contributed by atoms with E-state index in [1.165, 1.54) is 5.39 Å². The zero-order valence-corrected chi connectivity index (χ0v) is 15.0. The highest BCUT2D eigenvalue weighted by Gasteiger charge is 2.35. The number of nitrogens with zero attached hydrogens (tertiary/aromatic N) is 2. The Labute approximate surface area is 154 Å². The van der Waals surface area contributed by atoms with Crippen molar-refractivity contribution >= 4 is 22.6 Å². The smallest absolute Gasteiger partial charge is 0.246 e. The Kier molecular flexibility index (Phi) is 4.89. The first-order chi connectivity index (χ1) is 12.7. The lowest BCUT2D eigenvalue weighted by Crippen LogP contribution is -2.60. The molecule has 1 atom stereocenters. The Morgan fingerprint density at radius 1 is 1.00 bits per heavy atom. The molecule has 2 fully saturated rings. The highest BCUT2D eigenvalue weighted by Crippen LogP contribution is 2.18. The van der Waals surface area contributed by atoms with Crippen molar-refractivity contribution in [3.63, 3.8) is 0 Å². The summed E-state index contributed by atoms with van der Waals surface area (Å²) in [6.07, 6.45) is 2.47. The number of carbonyl (C=O) groups is 2. The average molecular weight is 351 g/mol. The molecule has 2 aliphatic rings. The van der Waals surface area contributed by atoms with E-state index in [0.29, 0.717) is 19.5 Å². The summed E-state index contributed by atoms with van der Waals surface area (Å²) in [6.45, 7) is 3.53. The minimum atomic E-state index is -0.366. The Morgan fingerprint density at radius 3 is 2.58 bits per heavy atom. The van der Waals surface area contributed by atoms with Gasteiger partial charge in [0.05, 0.1) is 6.42 Å². The monoisotopic (exact) mass is 351 g/mol. The van der Waals surface area contributed by atoms with Crippen LogP contribution in [-0.2, 0) is 16.0 Å². The predicted octanol–water partition coefficient (Wildman–Crippen LogP) is 1.81. The molecule has 1 N–H and O–H groups in total. The van der Waals surface area contributed by atoms with Crippen molar-refractivity contribution in [2.45, 2.75) is 25.3 Å². The molecule has 26 heavy (non-hydrogen) atoms. The highest BCUT2D eigenvalue weighted by atomic mass is 16.2. The molecular weight excluding hydrogens is 326 g/mol. The normalized spacial score (nSPS) is 20.5. The standard InChI is InChI=1S/C21H25N3O2/c25-20(14-16-7-8-17-5-1-2-6-18(17)13-16)24-12-9-22-15-19(24)21(26)23-10-3-4-11-23/h1-2,5-8,13,19,22H,3-4,9-12,14-15H2/t19-/m0/s1. The summed E-state index contributed by atoms with van der Waals surface area (Å²) < 4.78 is 0. The first-order valence-corrected chi connectivity index (χ1v) is 9.49. The third kappa shape index (κ3) is 3.44. The summed E-state index contributed by atoms with van der Waals surface area (Å²) in [5, 5.41) is 5.59. The predicted molar refractivity (Wildman–Crippen MR) is 102 cm³/mol. The van der Waals surface area contributed by atoms with Gasteiger partial charge >= 0.3 is 0 Å². The topological polar surface area (TPSA) is 52.7 Å². The van der Waals surface area contributed by atoms with E-state index < -0.39 is 0 Å². The molecule has 0 saturated carbocycles. The van der Waals surface area contributed by atoms with E-state index in [1.807, 2.05) is 23.1 Å². The van der Waals surface area contributed by atoms with E-state index in [2.05, 4.69) is 29.6 Å². The van der Waals surface area contributed by atoms with Crippen LogP contribution in [-0.4, -0.2) is 60.4 Å². The Bertz CT molecular complexity index is 814. The van der Waals surface area contributed by atoms with E-state index >= 15 is 0 Å². The molecule has 0 bridgehead atoms. The van der Waals surface area contributed by atoms with Gasteiger partial charge in [0.25, 0.3) is 0 Å². The van der Waals surface area contributed by atoms with Crippen LogP contribution in [0.1, 0.15) is 18.4 Å². The van der Waals surface area contributed by atoms with Gasteiger partial charge in [0.1, 0.15) is 6.04 Å². The van der Waals surface area contributed by atoms with Gasteiger partial charge in [-0.25, -0.2) is 0 Å². The van der Waals surface area contributed by atoms with Crippen LogP contribution in [0.3, 0.4) is 0 Å². The molecular formula is C21H25N3O2. The third-order valence-electron chi connectivity index (χ3n) is 5.44. The van der Waals surface area contributed by atoms with Crippen molar-refractivity contribution in [3.8, 4) is 0 Å². The molecule has 0 spiro atoms. The molecule has 5 nitrogen and oxygen atoms in total. The minimum absolute atomic E-state index is 0.0410. The highest BCUT2D eigenvalue weighted by molar-refractivity contribution is 5.90. The van der Waals surface area contributed by atoms with Crippen LogP contribution in [0.15, 0.2) is 42.5 Å². The zero-order chi connectivity index (χ0) is 17.9. The van der Waals surface area contributed by atoms with Crippen molar-refractivity contribution in [1.82, 2.24) is 15.1 Å². The van der Waals surface area contributed by atoms with Crippen LogP contribution in [0, 0.1) is 0 Å². The largest absolute Gasteiger partial charge is 0.341 e. The van der Waals surface area contributed by atoms with Crippen molar-refractivity contribution in [2.75, 3.05) is 32.7 Å². The molecule has 2 aromatic carbocycles. The third-order valence-corrected chi connectivity index (χ3v) is 5.44. The fourth-order valence-electron chi connectivity index (χ4n) is 4.00. The SMILES string of the molecule is O=C([C@@H]1CNCCN1C(=O)Cc1ccc2ccccc2c1)N1CCCC1. The van der Waals surface area contributed by atoms with Gasteiger partial charge in [-0.1, -0.05) is 42.5 Å². The van der Waals surface area contributed by atoms with E-state index in [-0.39, 0.29) is 17.9 Å². The quantitative estimate of drug-likeness (QED) is 0.918. The van der Waals surface area contributed by atoms with Crippen LogP contribution in [0.4, 0.5) is 0 Å². The molecule has 0 radical (unpaired) electrons. The lowest BCUT2D eigenvalue weighted by Gasteiger charge is -2.37. The molecule has 0 aliphatic carbocycles.